The third-order valence-electron chi connectivity index (χ3n) is 3.02. The lowest BCUT2D eigenvalue weighted by molar-refractivity contribution is -0.134. The van der Waals surface area contributed by atoms with Crippen LogP contribution in [0.3, 0.4) is 0 Å². The molecule has 0 bridgehead atoms. The van der Waals surface area contributed by atoms with E-state index in [-0.39, 0.29) is 11.8 Å². The molecule has 1 aromatic heterocycles. The first-order valence-corrected chi connectivity index (χ1v) is 6.04. The number of aryl methyl sites for hydroxylation is 1. The van der Waals surface area contributed by atoms with E-state index in [4.69, 9.17) is 11.6 Å². The van der Waals surface area contributed by atoms with E-state index in [1.165, 1.54) is 0 Å². The van der Waals surface area contributed by atoms with Crippen LogP contribution in [-0.4, -0.2) is 16.8 Å². The molecule has 0 aliphatic carbocycles. The molecule has 5 heteroatoms. The number of halogens is 1. The molecule has 1 aromatic rings. The van der Waals surface area contributed by atoms with E-state index >= 15 is 0 Å². The monoisotopic (exact) mass is 264 g/mol. The summed E-state index contributed by atoms with van der Waals surface area (Å²) in [6.45, 7) is 5.44. The van der Waals surface area contributed by atoms with Crippen LogP contribution in [0.2, 0.25) is 5.02 Å². The lowest BCUT2D eigenvalue weighted by Gasteiger charge is -2.23. The average molecular weight is 265 g/mol. The van der Waals surface area contributed by atoms with Crippen LogP contribution < -0.4 is 5.32 Å². The second-order valence-electron chi connectivity index (χ2n) is 4.24. The number of aromatic nitrogens is 1. The van der Waals surface area contributed by atoms with Gasteiger partial charge in [0, 0.05) is 22.7 Å². The molecule has 1 atom stereocenters. The van der Waals surface area contributed by atoms with Crippen molar-refractivity contribution in [1.82, 2.24) is 10.3 Å². The van der Waals surface area contributed by atoms with Gasteiger partial charge in [0.15, 0.2) is 0 Å². The van der Waals surface area contributed by atoms with Crippen molar-refractivity contribution in [2.45, 2.75) is 25.7 Å². The molecule has 2 rings (SSSR count). The van der Waals surface area contributed by atoms with Crippen molar-refractivity contribution in [2.24, 2.45) is 0 Å². The van der Waals surface area contributed by atoms with E-state index < -0.39 is 5.92 Å². The van der Waals surface area contributed by atoms with Gasteiger partial charge in [0.2, 0.25) is 11.8 Å². The summed E-state index contributed by atoms with van der Waals surface area (Å²) >= 11 is 6.20. The van der Waals surface area contributed by atoms with Gasteiger partial charge in [-0.15, -0.1) is 0 Å². The zero-order valence-electron chi connectivity index (χ0n) is 10.00. The fraction of sp³-hybridized carbons (Fsp3) is 0.308. The molecule has 1 saturated heterocycles. The highest BCUT2D eigenvalue weighted by Crippen LogP contribution is 2.32. The Bertz CT molecular complexity index is 517. The first-order chi connectivity index (χ1) is 8.52. The van der Waals surface area contributed by atoms with Crippen LogP contribution in [0, 0.1) is 6.92 Å². The van der Waals surface area contributed by atoms with Crippen LogP contribution >= 0.6 is 11.6 Å². The maximum Gasteiger partial charge on any atom is 0.234 e. The highest BCUT2D eigenvalue weighted by Gasteiger charge is 2.31. The van der Waals surface area contributed by atoms with E-state index in [0.29, 0.717) is 34.8 Å². The van der Waals surface area contributed by atoms with E-state index in [1.807, 2.05) is 0 Å². The van der Waals surface area contributed by atoms with Gasteiger partial charge in [-0.3, -0.25) is 19.9 Å². The minimum atomic E-state index is -0.401. The largest absolute Gasteiger partial charge is 0.296 e. The minimum absolute atomic E-state index is 0.235. The third kappa shape index (κ3) is 2.29. The number of pyridine rings is 1. The van der Waals surface area contributed by atoms with E-state index in [1.54, 1.807) is 19.1 Å². The first kappa shape index (κ1) is 12.8. The Morgan fingerprint density at radius 2 is 2.28 bits per heavy atom. The quantitative estimate of drug-likeness (QED) is 0.833. The molecule has 1 aliphatic rings. The number of rotatable bonds is 2. The summed E-state index contributed by atoms with van der Waals surface area (Å²) in [5.74, 6) is -0.938. The number of carbonyl (C=O) groups excluding carboxylic acids is 2. The molecule has 2 heterocycles. The number of nitrogens with zero attached hydrogens (tertiary/aromatic N) is 1. The number of nitrogens with one attached hydrogen (secondary N) is 1. The fourth-order valence-electron chi connectivity index (χ4n) is 2.16. The highest BCUT2D eigenvalue weighted by molar-refractivity contribution is 6.32. The Hall–Kier alpha value is -1.68. The second kappa shape index (κ2) is 4.90. The van der Waals surface area contributed by atoms with Gasteiger partial charge in [-0.2, -0.15) is 0 Å². The molecule has 18 heavy (non-hydrogen) atoms. The van der Waals surface area contributed by atoms with Gasteiger partial charge in [0.05, 0.1) is 11.6 Å². The van der Waals surface area contributed by atoms with Gasteiger partial charge in [0.25, 0.3) is 0 Å². The number of imide groups is 1. The molecule has 0 saturated carbocycles. The van der Waals surface area contributed by atoms with Gasteiger partial charge in [0.1, 0.15) is 0 Å². The van der Waals surface area contributed by atoms with Crippen LogP contribution in [0.4, 0.5) is 0 Å². The Labute approximate surface area is 110 Å². The first-order valence-electron chi connectivity index (χ1n) is 5.66. The number of carbonyl (C=O) groups is 2. The van der Waals surface area contributed by atoms with Gasteiger partial charge in [-0.05, 0) is 25.5 Å². The molecule has 4 nitrogen and oxygen atoms in total. The van der Waals surface area contributed by atoms with Crippen LogP contribution in [0.5, 0.6) is 0 Å². The summed E-state index contributed by atoms with van der Waals surface area (Å²) in [5, 5.41) is 2.82. The average Bonchev–Trinajstić information content (AvgIpc) is 2.30. The number of hydrogen-bond acceptors (Lipinski definition) is 3. The Balaban J connectivity index is 2.42. The zero-order chi connectivity index (χ0) is 13.3. The maximum absolute atomic E-state index is 11.8. The van der Waals surface area contributed by atoms with Crippen LogP contribution in [0.15, 0.2) is 12.6 Å². The lowest BCUT2D eigenvalue weighted by atomic mass is 9.89. The Kier molecular flexibility index (Phi) is 3.48. The smallest absolute Gasteiger partial charge is 0.234 e. The summed E-state index contributed by atoms with van der Waals surface area (Å²) < 4.78 is 0. The molecule has 94 valence electrons. The van der Waals surface area contributed by atoms with Crippen LogP contribution in [0.25, 0.3) is 6.08 Å². The summed E-state index contributed by atoms with van der Waals surface area (Å²) in [6.07, 6.45) is 2.41. The topological polar surface area (TPSA) is 59.1 Å². The summed E-state index contributed by atoms with van der Waals surface area (Å²) in [7, 11) is 0. The molecule has 1 unspecified atom stereocenters. The SMILES string of the molecule is C=Cc1cc(Cl)c(C2CCC(=O)NC2=O)c(C)n1. The number of piperidine rings is 1. The van der Waals surface area contributed by atoms with Crippen molar-refractivity contribution in [3.05, 3.63) is 34.6 Å². The number of hydrogen-bond donors (Lipinski definition) is 1. The van der Waals surface area contributed by atoms with Crippen molar-refractivity contribution in [3.63, 3.8) is 0 Å². The van der Waals surface area contributed by atoms with E-state index in [9.17, 15) is 9.59 Å². The molecule has 0 spiro atoms. The Morgan fingerprint density at radius 3 is 2.83 bits per heavy atom. The van der Waals surface area contributed by atoms with Gasteiger partial charge < -0.3 is 0 Å². The summed E-state index contributed by atoms with van der Waals surface area (Å²) in [6, 6.07) is 1.68. The van der Waals surface area contributed by atoms with Gasteiger partial charge >= 0.3 is 0 Å². The molecule has 1 N–H and O–H groups in total. The zero-order valence-corrected chi connectivity index (χ0v) is 10.8. The molecular formula is C13H13ClN2O2. The predicted molar refractivity (Wildman–Crippen MR) is 69.2 cm³/mol. The summed E-state index contributed by atoms with van der Waals surface area (Å²) in [4.78, 5) is 27.3. The number of amides is 2. The van der Waals surface area contributed by atoms with Crippen LogP contribution in [0.1, 0.15) is 35.7 Å². The molecule has 1 aliphatic heterocycles. The minimum Gasteiger partial charge on any atom is -0.296 e. The lowest BCUT2D eigenvalue weighted by Crippen LogP contribution is -2.39. The molecule has 1 fully saturated rings. The van der Waals surface area contributed by atoms with Crippen molar-refractivity contribution >= 4 is 29.5 Å². The van der Waals surface area contributed by atoms with Crippen molar-refractivity contribution in [3.8, 4) is 0 Å². The van der Waals surface area contributed by atoms with Crippen molar-refractivity contribution in [2.75, 3.05) is 0 Å². The van der Waals surface area contributed by atoms with E-state index in [0.717, 1.165) is 0 Å². The van der Waals surface area contributed by atoms with Gasteiger partial charge in [-0.25, -0.2) is 0 Å². The van der Waals surface area contributed by atoms with Crippen molar-refractivity contribution < 1.29 is 9.59 Å². The van der Waals surface area contributed by atoms with Crippen molar-refractivity contribution in [1.29, 1.82) is 0 Å². The molecule has 2 amide bonds. The normalized spacial score (nSPS) is 19.6. The second-order valence-corrected chi connectivity index (χ2v) is 4.64. The standard InChI is InChI=1S/C13H13ClN2O2/c1-3-8-6-10(14)12(7(2)15-8)9-4-5-11(17)16-13(9)18/h3,6,9H,1,4-5H2,2H3,(H,16,17,18). The molecule has 0 aromatic carbocycles. The predicted octanol–water partition coefficient (Wildman–Crippen LogP) is 2.21. The highest BCUT2D eigenvalue weighted by atomic mass is 35.5. The summed E-state index contributed by atoms with van der Waals surface area (Å²) in [5.41, 5.74) is 2.08. The molecule has 0 radical (unpaired) electrons. The third-order valence-corrected chi connectivity index (χ3v) is 3.33. The van der Waals surface area contributed by atoms with Crippen LogP contribution in [-0.2, 0) is 9.59 Å². The van der Waals surface area contributed by atoms with E-state index in [2.05, 4.69) is 16.9 Å². The fourth-order valence-corrected chi connectivity index (χ4v) is 2.54. The maximum atomic E-state index is 11.8. The molecular weight excluding hydrogens is 252 g/mol. The van der Waals surface area contributed by atoms with Gasteiger partial charge in [-0.1, -0.05) is 18.2 Å². The Morgan fingerprint density at radius 1 is 1.56 bits per heavy atom.